The second kappa shape index (κ2) is 6.92. The Labute approximate surface area is 115 Å². The SMILES string of the molecule is O=C(CCC1CCCCC1)N[C@H]1CCC[C@H]1C(=O)O. The van der Waals surface area contributed by atoms with Crippen LogP contribution in [0.2, 0.25) is 0 Å². The summed E-state index contributed by atoms with van der Waals surface area (Å²) in [5.74, 6) is -0.393. The summed E-state index contributed by atoms with van der Waals surface area (Å²) >= 11 is 0. The molecule has 0 aromatic carbocycles. The van der Waals surface area contributed by atoms with Gasteiger partial charge >= 0.3 is 5.97 Å². The lowest BCUT2D eigenvalue weighted by molar-refractivity contribution is -0.142. The molecule has 2 atom stereocenters. The van der Waals surface area contributed by atoms with Crippen molar-refractivity contribution >= 4 is 11.9 Å². The van der Waals surface area contributed by atoms with E-state index in [0.29, 0.717) is 18.8 Å². The molecule has 1 amide bonds. The zero-order chi connectivity index (χ0) is 13.7. The third-order valence-corrected chi connectivity index (χ3v) is 4.68. The number of carboxylic acids is 1. The fourth-order valence-corrected chi connectivity index (χ4v) is 3.52. The highest BCUT2D eigenvalue weighted by Crippen LogP contribution is 2.28. The van der Waals surface area contributed by atoms with Crippen LogP contribution in [-0.4, -0.2) is 23.0 Å². The molecular weight excluding hydrogens is 242 g/mol. The smallest absolute Gasteiger partial charge is 0.308 e. The quantitative estimate of drug-likeness (QED) is 0.805. The van der Waals surface area contributed by atoms with Gasteiger partial charge in [-0.3, -0.25) is 9.59 Å². The van der Waals surface area contributed by atoms with Gasteiger partial charge in [-0.05, 0) is 25.2 Å². The molecule has 0 aromatic rings. The van der Waals surface area contributed by atoms with E-state index < -0.39 is 5.97 Å². The first kappa shape index (κ1) is 14.4. The van der Waals surface area contributed by atoms with E-state index in [1.807, 2.05) is 0 Å². The van der Waals surface area contributed by atoms with Gasteiger partial charge in [0.05, 0.1) is 5.92 Å². The van der Waals surface area contributed by atoms with Crippen molar-refractivity contribution in [2.24, 2.45) is 11.8 Å². The van der Waals surface area contributed by atoms with Gasteiger partial charge in [0.15, 0.2) is 0 Å². The molecule has 0 radical (unpaired) electrons. The molecule has 2 saturated carbocycles. The van der Waals surface area contributed by atoms with E-state index in [2.05, 4.69) is 5.32 Å². The van der Waals surface area contributed by atoms with Crippen molar-refractivity contribution < 1.29 is 14.7 Å². The molecule has 2 fully saturated rings. The molecule has 4 nitrogen and oxygen atoms in total. The number of hydrogen-bond acceptors (Lipinski definition) is 2. The monoisotopic (exact) mass is 267 g/mol. The largest absolute Gasteiger partial charge is 0.481 e. The van der Waals surface area contributed by atoms with Gasteiger partial charge in [0.2, 0.25) is 5.91 Å². The van der Waals surface area contributed by atoms with E-state index in [-0.39, 0.29) is 17.9 Å². The summed E-state index contributed by atoms with van der Waals surface area (Å²) in [6.07, 6.45) is 10.4. The first-order valence-corrected chi connectivity index (χ1v) is 7.69. The van der Waals surface area contributed by atoms with Crippen LogP contribution < -0.4 is 5.32 Å². The Morgan fingerprint density at radius 3 is 2.42 bits per heavy atom. The average Bonchev–Trinajstić information content (AvgIpc) is 2.86. The number of carboxylic acid groups (broad SMARTS) is 1. The molecule has 0 spiro atoms. The maximum atomic E-state index is 11.9. The number of carbonyl (C=O) groups excluding carboxylic acids is 1. The van der Waals surface area contributed by atoms with E-state index >= 15 is 0 Å². The summed E-state index contributed by atoms with van der Waals surface area (Å²) in [6, 6.07) is -0.142. The molecule has 19 heavy (non-hydrogen) atoms. The number of hydrogen-bond donors (Lipinski definition) is 2. The second-order valence-corrected chi connectivity index (χ2v) is 6.09. The van der Waals surface area contributed by atoms with E-state index in [1.165, 1.54) is 32.1 Å². The zero-order valence-electron chi connectivity index (χ0n) is 11.6. The van der Waals surface area contributed by atoms with E-state index in [0.717, 1.165) is 19.3 Å². The number of carbonyl (C=O) groups is 2. The third kappa shape index (κ3) is 4.22. The fraction of sp³-hybridized carbons (Fsp3) is 0.867. The minimum Gasteiger partial charge on any atom is -0.481 e. The minimum atomic E-state index is -0.768. The molecule has 0 bridgehead atoms. The van der Waals surface area contributed by atoms with Crippen molar-refractivity contribution in [3.05, 3.63) is 0 Å². The highest BCUT2D eigenvalue weighted by molar-refractivity contribution is 5.78. The van der Waals surface area contributed by atoms with Crippen molar-refractivity contribution in [3.8, 4) is 0 Å². The zero-order valence-corrected chi connectivity index (χ0v) is 11.6. The van der Waals surface area contributed by atoms with E-state index in [1.54, 1.807) is 0 Å². The summed E-state index contributed by atoms with van der Waals surface area (Å²) in [7, 11) is 0. The van der Waals surface area contributed by atoms with Crippen LogP contribution in [-0.2, 0) is 9.59 Å². The van der Waals surface area contributed by atoms with Crippen LogP contribution >= 0.6 is 0 Å². The highest BCUT2D eigenvalue weighted by Gasteiger charge is 2.33. The first-order valence-electron chi connectivity index (χ1n) is 7.69. The van der Waals surface area contributed by atoms with Crippen LogP contribution in [0.15, 0.2) is 0 Å². The van der Waals surface area contributed by atoms with Gasteiger partial charge in [0, 0.05) is 12.5 Å². The van der Waals surface area contributed by atoms with E-state index in [9.17, 15) is 9.59 Å². The van der Waals surface area contributed by atoms with Crippen LogP contribution in [0.3, 0.4) is 0 Å². The number of aliphatic carboxylic acids is 1. The van der Waals surface area contributed by atoms with Gasteiger partial charge in [-0.1, -0.05) is 38.5 Å². The molecule has 0 saturated heterocycles. The molecular formula is C15H25NO3. The average molecular weight is 267 g/mol. The molecule has 4 heteroatoms. The number of rotatable bonds is 5. The predicted octanol–water partition coefficient (Wildman–Crippen LogP) is 2.72. The molecule has 2 aliphatic carbocycles. The van der Waals surface area contributed by atoms with Crippen LogP contribution in [0, 0.1) is 11.8 Å². The molecule has 2 rings (SSSR count). The molecule has 2 aliphatic rings. The lowest BCUT2D eigenvalue weighted by Crippen LogP contribution is -2.40. The standard InChI is InChI=1S/C15H25NO3/c17-14(10-9-11-5-2-1-3-6-11)16-13-8-4-7-12(13)15(18)19/h11-13H,1-10H2,(H,16,17)(H,18,19)/t12-,13+/m1/s1. The maximum Gasteiger partial charge on any atom is 0.308 e. The Hall–Kier alpha value is -1.06. The predicted molar refractivity (Wildman–Crippen MR) is 72.7 cm³/mol. The summed E-state index contributed by atoms with van der Waals surface area (Å²) in [5.41, 5.74) is 0. The number of amides is 1. The lowest BCUT2D eigenvalue weighted by Gasteiger charge is -2.22. The van der Waals surface area contributed by atoms with Gasteiger partial charge in [0.1, 0.15) is 0 Å². The molecule has 0 aliphatic heterocycles. The van der Waals surface area contributed by atoms with Crippen LogP contribution in [0.1, 0.15) is 64.2 Å². The molecule has 108 valence electrons. The van der Waals surface area contributed by atoms with Crippen molar-refractivity contribution in [1.29, 1.82) is 0 Å². The Kier molecular flexibility index (Phi) is 5.23. The van der Waals surface area contributed by atoms with Crippen molar-refractivity contribution in [2.45, 2.75) is 70.3 Å². The molecule has 0 heterocycles. The highest BCUT2D eigenvalue weighted by atomic mass is 16.4. The number of nitrogens with one attached hydrogen (secondary N) is 1. The van der Waals surface area contributed by atoms with Gasteiger partial charge in [0.25, 0.3) is 0 Å². The topological polar surface area (TPSA) is 66.4 Å². The maximum absolute atomic E-state index is 11.9. The van der Waals surface area contributed by atoms with Crippen LogP contribution in [0.25, 0.3) is 0 Å². The summed E-state index contributed by atoms with van der Waals surface area (Å²) < 4.78 is 0. The van der Waals surface area contributed by atoms with Gasteiger partial charge in [-0.25, -0.2) is 0 Å². The Morgan fingerprint density at radius 2 is 1.74 bits per heavy atom. The van der Waals surface area contributed by atoms with Crippen LogP contribution in [0.4, 0.5) is 0 Å². The summed E-state index contributed by atoms with van der Waals surface area (Å²) in [5, 5.41) is 12.0. The van der Waals surface area contributed by atoms with Crippen LogP contribution in [0.5, 0.6) is 0 Å². The van der Waals surface area contributed by atoms with E-state index in [4.69, 9.17) is 5.11 Å². The fourth-order valence-electron chi connectivity index (χ4n) is 3.52. The second-order valence-electron chi connectivity index (χ2n) is 6.09. The van der Waals surface area contributed by atoms with Gasteiger partial charge in [-0.2, -0.15) is 0 Å². The molecule has 2 N–H and O–H groups in total. The Bertz CT molecular complexity index is 323. The van der Waals surface area contributed by atoms with Gasteiger partial charge < -0.3 is 10.4 Å². The Morgan fingerprint density at radius 1 is 1.00 bits per heavy atom. The van der Waals surface area contributed by atoms with Crippen molar-refractivity contribution in [3.63, 3.8) is 0 Å². The molecule has 0 aromatic heterocycles. The van der Waals surface area contributed by atoms with Gasteiger partial charge in [-0.15, -0.1) is 0 Å². The molecule has 0 unspecified atom stereocenters. The lowest BCUT2D eigenvalue weighted by atomic mass is 9.86. The Balaban J connectivity index is 1.70. The first-order chi connectivity index (χ1) is 9.16. The summed E-state index contributed by atoms with van der Waals surface area (Å²) in [6.45, 7) is 0. The van der Waals surface area contributed by atoms with Crippen molar-refractivity contribution in [2.75, 3.05) is 0 Å². The normalized spacial score (nSPS) is 28.2. The van der Waals surface area contributed by atoms with Crippen molar-refractivity contribution in [1.82, 2.24) is 5.32 Å². The minimum absolute atomic E-state index is 0.0451. The summed E-state index contributed by atoms with van der Waals surface area (Å²) in [4.78, 5) is 23.0. The third-order valence-electron chi connectivity index (χ3n) is 4.68.